The molecule has 52 valence electrons. The summed E-state index contributed by atoms with van der Waals surface area (Å²) in [4.78, 5) is 0. The second-order valence-corrected chi connectivity index (χ2v) is 1.33. The summed E-state index contributed by atoms with van der Waals surface area (Å²) >= 11 is 0. The zero-order valence-corrected chi connectivity index (χ0v) is 6.60. The van der Waals surface area contributed by atoms with Gasteiger partial charge in [-0.25, -0.2) is 0 Å². The number of hydrogen-bond acceptors (Lipinski definition) is 3. The van der Waals surface area contributed by atoms with Crippen molar-refractivity contribution in [3.8, 4) is 0 Å². The molecule has 4 heteroatoms. The van der Waals surface area contributed by atoms with Gasteiger partial charge in [-0.3, -0.25) is 0 Å². The first-order valence-corrected chi connectivity index (χ1v) is 2.52. The molecule has 0 saturated carbocycles. The Morgan fingerprint density at radius 2 is 1.38 bits per heavy atom. The molecule has 8 heavy (non-hydrogen) atoms. The van der Waals surface area contributed by atoms with Crippen LogP contribution in [0, 0.1) is 0 Å². The average molecular weight is 184 g/mol. The van der Waals surface area contributed by atoms with Crippen LogP contribution in [0.25, 0.3) is 0 Å². The van der Waals surface area contributed by atoms with Crippen molar-refractivity contribution in [1.82, 2.24) is 5.32 Å². The van der Waals surface area contributed by atoms with E-state index in [2.05, 4.69) is 5.32 Å². The first-order valence-electron chi connectivity index (χ1n) is 2.52. The van der Waals surface area contributed by atoms with Crippen molar-refractivity contribution in [1.29, 1.82) is 0 Å². The first-order chi connectivity index (χ1) is 3.41. The molecule has 0 amide bonds. The van der Waals surface area contributed by atoms with Gasteiger partial charge in [-0.05, 0) is 0 Å². The van der Waals surface area contributed by atoms with Crippen molar-refractivity contribution >= 4 is 17.0 Å². The monoisotopic (exact) mass is 183 g/mol. The maximum atomic E-state index is 5.17. The summed E-state index contributed by atoms with van der Waals surface area (Å²) in [5.41, 5.74) is 10.3. The summed E-state index contributed by atoms with van der Waals surface area (Å²) in [6, 6.07) is 0. The first kappa shape index (κ1) is 11.2. The van der Waals surface area contributed by atoms with Crippen molar-refractivity contribution < 1.29 is 0 Å². The van der Waals surface area contributed by atoms with E-state index in [4.69, 9.17) is 11.5 Å². The highest BCUT2D eigenvalue weighted by Gasteiger charge is 1.76. The van der Waals surface area contributed by atoms with E-state index in [-0.39, 0.29) is 17.0 Å². The van der Waals surface area contributed by atoms with Gasteiger partial charge in [0.05, 0.1) is 0 Å². The topological polar surface area (TPSA) is 64.1 Å². The molecule has 0 spiro atoms. The van der Waals surface area contributed by atoms with Gasteiger partial charge in [0.15, 0.2) is 0 Å². The minimum absolute atomic E-state index is 0. The Kier molecular flexibility index (Phi) is 14.5. The third-order valence-corrected chi connectivity index (χ3v) is 0.642. The molecular formula is C4H14BrN3. The van der Waals surface area contributed by atoms with Crippen LogP contribution in [0.4, 0.5) is 0 Å². The highest BCUT2D eigenvalue weighted by molar-refractivity contribution is 8.93. The Bertz CT molecular complexity index is 30.5. The van der Waals surface area contributed by atoms with Crippen molar-refractivity contribution in [3.63, 3.8) is 0 Å². The summed E-state index contributed by atoms with van der Waals surface area (Å²) in [6.45, 7) is 3.13. The normalized spacial score (nSPS) is 8.25. The fraction of sp³-hybridized carbons (Fsp3) is 1.00. The van der Waals surface area contributed by atoms with Crippen LogP contribution in [0.3, 0.4) is 0 Å². The number of hydrogen-bond donors (Lipinski definition) is 3. The van der Waals surface area contributed by atoms with Gasteiger partial charge in [0, 0.05) is 26.2 Å². The smallest absolute Gasteiger partial charge is 0.00750 e. The van der Waals surface area contributed by atoms with Gasteiger partial charge in [0.25, 0.3) is 0 Å². The third kappa shape index (κ3) is 9.61. The molecule has 0 aliphatic heterocycles. The zero-order chi connectivity index (χ0) is 5.54. The maximum Gasteiger partial charge on any atom is 0.00750 e. The molecule has 0 fully saturated rings. The fourth-order valence-corrected chi connectivity index (χ4v) is 0.329. The minimum Gasteiger partial charge on any atom is -0.329 e. The molecule has 0 bridgehead atoms. The van der Waals surface area contributed by atoms with E-state index >= 15 is 0 Å². The molecule has 5 N–H and O–H groups in total. The minimum atomic E-state index is 0. The van der Waals surface area contributed by atoms with Gasteiger partial charge < -0.3 is 16.8 Å². The summed E-state index contributed by atoms with van der Waals surface area (Å²) in [7, 11) is 0. The lowest BCUT2D eigenvalue weighted by Crippen LogP contribution is -2.27. The molecule has 0 unspecified atom stereocenters. The Morgan fingerprint density at radius 3 is 1.62 bits per heavy atom. The van der Waals surface area contributed by atoms with Crippen LogP contribution in [0.1, 0.15) is 0 Å². The summed E-state index contributed by atoms with van der Waals surface area (Å²) < 4.78 is 0. The van der Waals surface area contributed by atoms with Crippen molar-refractivity contribution in [2.45, 2.75) is 0 Å². The van der Waals surface area contributed by atoms with Crippen molar-refractivity contribution in [2.24, 2.45) is 11.5 Å². The van der Waals surface area contributed by atoms with E-state index in [1.807, 2.05) is 0 Å². The van der Waals surface area contributed by atoms with E-state index in [1.54, 1.807) is 0 Å². The standard InChI is InChI=1S/C4H13N3.BrH/c5-1-3-7-4-2-6;/h7H,1-6H2;1H. The van der Waals surface area contributed by atoms with Crippen LogP contribution in [-0.4, -0.2) is 26.2 Å². The number of nitrogens with one attached hydrogen (secondary N) is 1. The summed E-state index contributed by atoms with van der Waals surface area (Å²) in [6.07, 6.45) is 0. The lowest BCUT2D eigenvalue weighted by Gasteiger charge is -1.95. The van der Waals surface area contributed by atoms with Gasteiger partial charge in [-0.15, -0.1) is 17.0 Å². The van der Waals surface area contributed by atoms with Crippen LogP contribution < -0.4 is 16.8 Å². The van der Waals surface area contributed by atoms with Crippen LogP contribution >= 0.6 is 17.0 Å². The number of halogens is 1. The lowest BCUT2D eigenvalue weighted by atomic mass is 10.6. The molecular weight excluding hydrogens is 170 g/mol. The van der Waals surface area contributed by atoms with Crippen LogP contribution in [0.5, 0.6) is 0 Å². The highest BCUT2D eigenvalue weighted by atomic mass is 79.9. The van der Waals surface area contributed by atoms with Gasteiger partial charge in [0.1, 0.15) is 0 Å². The Labute approximate surface area is 60.6 Å². The molecule has 0 radical (unpaired) electrons. The fourth-order valence-electron chi connectivity index (χ4n) is 0.329. The third-order valence-electron chi connectivity index (χ3n) is 0.642. The molecule has 0 aromatic carbocycles. The van der Waals surface area contributed by atoms with E-state index < -0.39 is 0 Å². The van der Waals surface area contributed by atoms with E-state index in [0.29, 0.717) is 13.1 Å². The lowest BCUT2D eigenvalue weighted by molar-refractivity contribution is 0.696. The highest BCUT2D eigenvalue weighted by Crippen LogP contribution is 1.49. The molecule has 0 rings (SSSR count). The molecule has 0 aromatic rings. The molecule has 0 aromatic heterocycles. The second-order valence-electron chi connectivity index (χ2n) is 1.33. The van der Waals surface area contributed by atoms with E-state index in [0.717, 1.165) is 13.1 Å². The van der Waals surface area contributed by atoms with Crippen LogP contribution in [0.2, 0.25) is 0 Å². The molecule has 0 aliphatic carbocycles. The summed E-state index contributed by atoms with van der Waals surface area (Å²) in [5, 5.41) is 3.03. The largest absolute Gasteiger partial charge is 0.329 e. The van der Waals surface area contributed by atoms with Crippen molar-refractivity contribution in [2.75, 3.05) is 26.2 Å². The molecule has 3 nitrogen and oxygen atoms in total. The SMILES string of the molecule is Br.NCCNCCN. The second kappa shape index (κ2) is 10.4. The van der Waals surface area contributed by atoms with Crippen LogP contribution in [-0.2, 0) is 0 Å². The van der Waals surface area contributed by atoms with Crippen molar-refractivity contribution in [3.05, 3.63) is 0 Å². The maximum absolute atomic E-state index is 5.17. The Hall–Kier alpha value is 0.360. The Balaban J connectivity index is 0. The predicted molar refractivity (Wildman–Crippen MR) is 41.3 cm³/mol. The predicted octanol–water partition coefficient (Wildman–Crippen LogP) is -0.929. The number of nitrogens with two attached hydrogens (primary N) is 2. The zero-order valence-electron chi connectivity index (χ0n) is 4.89. The van der Waals surface area contributed by atoms with Gasteiger partial charge in [-0.2, -0.15) is 0 Å². The van der Waals surface area contributed by atoms with Gasteiger partial charge in [0.2, 0.25) is 0 Å². The van der Waals surface area contributed by atoms with Crippen LogP contribution in [0.15, 0.2) is 0 Å². The molecule has 0 aliphatic rings. The van der Waals surface area contributed by atoms with Gasteiger partial charge >= 0.3 is 0 Å². The Morgan fingerprint density at radius 1 is 1.00 bits per heavy atom. The molecule has 0 heterocycles. The van der Waals surface area contributed by atoms with E-state index in [1.165, 1.54) is 0 Å². The number of rotatable bonds is 4. The average Bonchev–Trinajstić information content (AvgIpc) is 1.69. The quantitative estimate of drug-likeness (QED) is 0.494. The van der Waals surface area contributed by atoms with E-state index in [9.17, 15) is 0 Å². The summed E-state index contributed by atoms with van der Waals surface area (Å²) in [5.74, 6) is 0. The molecule has 0 atom stereocenters. The molecule has 0 saturated heterocycles. The van der Waals surface area contributed by atoms with Gasteiger partial charge in [-0.1, -0.05) is 0 Å².